The van der Waals surface area contributed by atoms with Crippen molar-refractivity contribution in [2.24, 2.45) is 0 Å². The minimum absolute atomic E-state index is 0.0726. The SMILES string of the molecule is O=Cc1cccc(SCc2ccccc2)c1O. The zero-order valence-corrected chi connectivity index (χ0v) is 9.98. The number of hydrogen-bond donors (Lipinski definition) is 1. The van der Waals surface area contributed by atoms with Crippen molar-refractivity contribution in [2.75, 3.05) is 0 Å². The Balaban J connectivity index is 2.12. The van der Waals surface area contributed by atoms with Crippen LogP contribution in [0.25, 0.3) is 0 Å². The number of benzene rings is 2. The van der Waals surface area contributed by atoms with Crippen molar-refractivity contribution in [3.8, 4) is 5.75 Å². The van der Waals surface area contributed by atoms with Crippen LogP contribution < -0.4 is 0 Å². The molecule has 2 aromatic carbocycles. The van der Waals surface area contributed by atoms with Crippen LogP contribution in [0.1, 0.15) is 15.9 Å². The molecule has 2 rings (SSSR count). The van der Waals surface area contributed by atoms with E-state index in [1.165, 1.54) is 17.3 Å². The van der Waals surface area contributed by atoms with Gasteiger partial charge in [0.15, 0.2) is 6.29 Å². The van der Waals surface area contributed by atoms with Gasteiger partial charge in [0.1, 0.15) is 5.75 Å². The van der Waals surface area contributed by atoms with Gasteiger partial charge in [-0.25, -0.2) is 0 Å². The van der Waals surface area contributed by atoms with Crippen LogP contribution in [0.5, 0.6) is 5.75 Å². The van der Waals surface area contributed by atoms with Gasteiger partial charge in [0.2, 0.25) is 0 Å². The molecule has 0 saturated heterocycles. The number of carbonyl (C=O) groups is 1. The number of hydrogen-bond acceptors (Lipinski definition) is 3. The molecule has 0 aliphatic rings. The summed E-state index contributed by atoms with van der Waals surface area (Å²) >= 11 is 1.52. The first-order chi connectivity index (χ1) is 8.31. The molecule has 0 radical (unpaired) electrons. The van der Waals surface area contributed by atoms with E-state index in [2.05, 4.69) is 0 Å². The lowest BCUT2D eigenvalue weighted by Gasteiger charge is -2.05. The average molecular weight is 244 g/mol. The summed E-state index contributed by atoms with van der Waals surface area (Å²) in [7, 11) is 0. The maximum Gasteiger partial charge on any atom is 0.153 e. The number of phenols is 1. The van der Waals surface area contributed by atoms with Crippen LogP contribution in [0.4, 0.5) is 0 Å². The molecule has 2 aromatic rings. The molecule has 0 atom stereocenters. The molecule has 1 N–H and O–H groups in total. The third kappa shape index (κ3) is 2.88. The van der Waals surface area contributed by atoms with E-state index in [9.17, 15) is 9.90 Å². The highest BCUT2D eigenvalue weighted by Gasteiger charge is 2.06. The molecule has 0 aromatic heterocycles. The van der Waals surface area contributed by atoms with Gasteiger partial charge in [0, 0.05) is 5.75 Å². The zero-order chi connectivity index (χ0) is 12.1. The Kier molecular flexibility index (Phi) is 3.83. The Bertz CT molecular complexity index is 509. The first-order valence-electron chi connectivity index (χ1n) is 5.25. The van der Waals surface area contributed by atoms with Crippen molar-refractivity contribution in [1.29, 1.82) is 0 Å². The van der Waals surface area contributed by atoms with Crippen molar-refractivity contribution in [2.45, 2.75) is 10.6 Å². The van der Waals surface area contributed by atoms with Gasteiger partial charge in [-0.15, -0.1) is 11.8 Å². The lowest BCUT2D eigenvalue weighted by atomic mass is 10.2. The highest BCUT2D eigenvalue weighted by molar-refractivity contribution is 7.98. The molecule has 0 bridgehead atoms. The number of aldehydes is 1. The van der Waals surface area contributed by atoms with Gasteiger partial charge in [0.05, 0.1) is 10.5 Å². The Morgan fingerprint density at radius 1 is 1.06 bits per heavy atom. The molecule has 0 spiro atoms. The Morgan fingerprint density at radius 2 is 1.82 bits per heavy atom. The molecule has 0 aliphatic heterocycles. The van der Waals surface area contributed by atoms with E-state index in [0.717, 1.165) is 10.6 Å². The maximum absolute atomic E-state index is 10.7. The lowest BCUT2D eigenvalue weighted by Crippen LogP contribution is -1.85. The van der Waals surface area contributed by atoms with Gasteiger partial charge in [-0.1, -0.05) is 36.4 Å². The molecule has 17 heavy (non-hydrogen) atoms. The monoisotopic (exact) mass is 244 g/mol. The third-order valence-corrected chi connectivity index (χ3v) is 3.51. The van der Waals surface area contributed by atoms with Crippen LogP contribution in [0.2, 0.25) is 0 Å². The molecule has 2 nitrogen and oxygen atoms in total. The molecule has 0 heterocycles. The highest BCUT2D eigenvalue weighted by Crippen LogP contribution is 2.32. The summed E-state index contributed by atoms with van der Waals surface area (Å²) < 4.78 is 0. The van der Waals surface area contributed by atoms with E-state index in [-0.39, 0.29) is 5.75 Å². The second-order valence-corrected chi connectivity index (χ2v) is 4.60. The standard InChI is InChI=1S/C14H12O2S/c15-9-12-7-4-8-13(14(12)16)17-10-11-5-2-1-3-6-11/h1-9,16H,10H2. The number of aromatic hydroxyl groups is 1. The van der Waals surface area contributed by atoms with Gasteiger partial charge in [0.25, 0.3) is 0 Å². The normalized spacial score (nSPS) is 10.1. The first kappa shape index (κ1) is 11.7. The fourth-order valence-corrected chi connectivity index (χ4v) is 2.43. The van der Waals surface area contributed by atoms with E-state index in [0.29, 0.717) is 11.8 Å². The lowest BCUT2D eigenvalue weighted by molar-refractivity contribution is 0.112. The van der Waals surface area contributed by atoms with Gasteiger partial charge in [-0.05, 0) is 17.7 Å². The highest BCUT2D eigenvalue weighted by atomic mass is 32.2. The minimum Gasteiger partial charge on any atom is -0.506 e. The molecule has 3 heteroatoms. The summed E-state index contributed by atoms with van der Waals surface area (Å²) in [6.07, 6.45) is 0.669. The quantitative estimate of drug-likeness (QED) is 0.660. The van der Waals surface area contributed by atoms with E-state index in [1.807, 2.05) is 36.4 Å². The Morgan fingerprint density at radius 3 is 2.53 bits per heavy atom. The summed E-state index contributed by atoms with van der Waals surface area (Å²) in [4.78, 5) is 11.4. The second-order valence-electron chi connectivity index (χ2n) is 3.59. The number of para-hydroxylation sites is 1. The van der Waals surface area contributed by atoms with E-state index < -0.39 is 0 Å². The van der Waals surface area contributed by atoms with Crippen LogP contribution in [-0.2, 0) is 5.75 Å². The summed E-state index contributed by atoms with van der Waals surface area (Å²) in [6.45, 7) is 0. The number of carbonyl (C=O) groups excluding carboxylic acids is 1. The molecule has 86 valence electrons. The number of thioether (sulfide) groups is 1. The third-order valence-electron chi connectivity index (χ3n) is 2.39. The van der Waals surface area contributed by atoms with Gasteiger partial charge in [-0.2, -0.15) is 0 Å². The topological polar surface area (TPSA) is 37.3 Å². The molecule has 0 unspecified atom stereocenters. The van der Waals surface area contributed by atoms with Gasteiger partial charge >= 0.3 is 0 Å². The fourth-order valence-electron chi connectivity index (χ4n) is 1.49. The Labute approximate surface area is 104 Å². The van der Waals surface area contributed by atoms with Crippen molar-refractivity contribution >= 4 is 18.0 Å². The van der Waals surface area contributed by atoms with Crippen molar-refractivity contribution in [3.63, 3.8) is 0 Å². The zero-order valence-electron chi connectivity index (χ0n) is 9.17. The van der Waals surface area contributed by atoms with Gasteiger partial charge < -0.3 is 5.11 Å². The summed E-state index contributed by atoms with van der Waals surface area (Å²) in [5.74, 6) is 0.847. The van der Waals surface area contributed by atoms with Crippen LogP contribution in [0, 0.1) is 0 Å². The average Bonchev–Trinajstić information content (AvgIpc) is 2.39. The molecule has 0 saturated carbocycles. The summed E-state index contributed by atoms with van der Waals surface area (Å²) in [5, 5.41) is 9.81. The van der Waals surface area contributed by atoms with Crippen LogP contribution in [0.15, 0.2) is 53.4 Å². The maximum atomic E-state index is 10.7. The van der Waals surface area contributed by atoms with Crippen LogP contribution >= 0.6 is 11.8 Å². The number of phenolic OH excluding ortho intramolecular Hbond substituents is 1. The van der Waals surface area contributed by atoms with E-state index in [4.69, 9.17) is 0 Å². The van der Waals surface area contributed by atoms with Gasteiger partial charge in [-0.3, -0.25) is 4.79 Å². The second kappa shape index (κ2) is 5.55. The molecule has 0 aliphatic carbocycles. The fraction of sp³-hybridized carbons (Fsp3) is 0.0714. The smallest absolute Gasteiger partial charge is 0.153 e. The van der Waals surface area contributed by atoms with E-state index in [1.54, 1.807) is 12.1 Å². The molecular weight excluding hydrogens is 232 g/mol. The first-order valence-corrected chi connectivity index (χ1v) is 6.23. The van der Waals surface area contributed by atoms with Crippen molar-refractivity contribution in [3.05, 3.63) is 59.7 Å². The number of rotatable bonds is 4. The predicted octanol–water partition coefficient (Wildman–Crippen LogP) is 3.50. The van der Waals surface area contributed by atoms with Crippen LogP contribution in [-0.4, -0.2) is 11.4 Å². The molecular formula is C14H12O2S. The molecule has 0 amide bonds. The largest absolute Gasteiger partial charge is 0.506 e. The van der Waals surface area contributed by atoms with E-state index >= 15 is 0 Å². The van der Waals surface area contributed by atoms with Crippen LogP contribution in [0.3, 0.4) is 0 Å². The minimum atomic E-state index is 0.0726. The summed E-state index contributed by atoms with van der Waals surface area (Å²) in [6, 6.07) is 15.2. The predicted molar refractivity (Wildman–Crippen MR) is 69.5 cm³/mol. The molecule has 0 fully saturated rings. The van der Waals surface area contributed by atoms with Crippen molar-refractivity contribution < 1.29 is 9.90 Å². The summed E-state index contributed by atoms with van der Waals surface area (Å²) in [5.41, 5.74) is 1.52. The van der Waals surface area contributed by atoms with Crippen molar-refractivity contribution in [1.82, 2.24) is 0 Å². The Hall–Kier alpha value is -1.74.